The van der Waals surface area contributed by atoms with Crippen molar-refractivity contribution >= 4 is 5.78 Å². The number of Topliss-reactive ketones (excluding diaryl/α,β-unsaturated/α-hetero) is 1. The van der Waals surface area contributed by atoms with Crippen molar-refractivity contribution in [1.29, 1.82) is 0 Å². The topological polar surface area (TPSA) is 20.3 Å². The van der Waals surface area contributed by atoms with Crippen molar-refractivity contribution in [1.82, 2.24) is 4.90 Å². The lowest BCUT2D eigenvalue weighted by molar-refractivity contribution is -0.188. The van der Waals surface area contributed by atoms with E-state index in [-0.39, 0.29) is 24.8 Å². The zero-order chi connectivity index (χ0) is 12.3. The summed E-state index contributed by atoms with van der Waals surface area (Å²) in [6.45, 7) is 4.00. The first kappa shape index (κ1) is 13.5. The Morgan fingerprint density at radius 1 is 1.50 bits per heavy atom. The van der Waals surface area contributed by atoms with E-state index in [4.69, 9.17) is 0 Å². The molecule has 1 heterocycles. The first-order chi connectivity index (χ1) is 7.36. The van der Waals surface area contributed by atoms with E-state index in [0.29, 0.717) is 19.4 Å². The molecule has 1 aliphatic rings. The Morgan fingerprint density at radius 2 is 2.12 bits per heavy atom. The van der Waals surface area contributed by atoms with Gasteiger partial charge in [-0.2, -0.15) is 13.2 Å². The second kappa shape index (κ2) is 5.17. The lowest BCUT2D eigenvalue weighted by atomic mass is 9.95. The number of nitrogens with zero attached hydrogens (tertiary/aromatic N) is 1. The molecule has 0 radical (unpaired) electrons. The van der Waals surface area contributed by atoms with Crippen molar-refractivity contribution in [3.8, 4) is 0 Å². The standard InChI is InChI=1S/C11H18F3NO/c1-3-10(16)8(2)15-6-4-5-9(7-15)11(12,13)14/h8-9H,3-7H2,1-2H3. The molecule has 0 aliphatic carbocycles. The van der Waals surface area contributed by atoms with Gasteiger partial charge in [-0.15, -0.1) is 0 Å². The molecule has 0 bridgehead atoms. The van der Waals surface area contributed by atoms with Crippen molar-refractivity contribution in [2.75, 3.05) is 13.1 Å². The quantitative estimate of drug-likeness (QED) is 0.752. The molecule has 5 heteroatoms. The minimum Gasteiger partial charge on any atom is -0.298 e. The molecule has 0 N–H and O–H groups in total. The summed E-state index contributed by atoms with van der Waals surface area (Å²) in [5, 5.41) is 0. The van der Waals surface area contributed by atoms with Crippen molar-refractivity contribution in [2.45, 2.75) is 45.3 Å². The van der Waals surface area contributed by atoms with E-state index >= 15 is 0 Å². The predicted molar refractivity (Wildman–Crippen MR) is 55.1 cm³/mol. The van der Waals surface area contributed by atoms with Gasteiger partial charge in [0.2, 0.25) is 0 Å². The second-order valence-electron chi connectivity index (χ2n) is 4.37. The van der Waals surface area contributed by atoms with Crippen LogP contribution in [0, 0.1) is 5.92 Å². The molecule has 2 atom stereocenters. The number of ketones is 1. The molecular formula is C11H18F3NO. The summed E-state index contributed by atoms with van der Waals surface area (Å²) in [6.07, 6.45) is -3.04. The van der Waals surface area contributed by atoms with Crippen LogP contribution in [-0.2, 0) is 4.79 Å². The molecule has 94 valence electrons. The third-order valence-electron chi connectivity index (χ3n) is 3.28. The van der Waals surface area contributed by atoms with Crippen LogP contribution in [0.25, 0.3) is 0 Å². The molecule has 0 spiro atoms. The summed E-state index contributed by atoms with van der Waals surface area (Å²) in [6, 6.07) is -0.379. The van der Waals surface area contributed by atoms with E-state index in [1.165, 1.54) is 0 Å². The van der Waals surface area contributed by atoms with Crippen LogP contribution in [0.2, 0.25) is 0 Å². The van der Waals surface area contributed by atoms with Crippen LogP contribution in [0.5, 0.6) is 0 Å². The van der Waals surface area contributed by atoms with Gasteiger partial charge >= 0.3 is 6.18 Å². The number of halogens is 3. The molecule has 16 heavy (non-hydrogen) atoms. The van der Waals surface area contributed by atoms with Crippen LogP contribution >= 0.6 is 0 Å². The van der Waals surface area contributed by atoms with E-state index in [0.717, 1.165) is 0 Å². The fourth-order valence-corrected chi connectivity index (χ4v) is 2.12. The molecule has 0 saturated carbocycles. The zero-order valence-corrected chi connectivity index (χ0v) is 9.68. The fourth-order valence-electron chi connectivity index (χ4n) is 2.12. The monoisotopic (exact) mass is 237 g/mol. The Kier molecular flexibility index (Phi) is 4.35. The van der Waals surface area contributed by atoms with Gasteiger partial charge in [-0.05, 0) is 26.3 Å². The Bertz CT molecular complexity index is 252. The summed E-state index contributed by atoms with van der Waals surface area (Å²) in [4.78, 5) is 13.1. The van der Waals surface area contributed by atoms with Crippen LogP contribution in [0.15, 0.2) is 0 Å². The van der Waals surface area contributed by atoms with Crippen LogP contribution in [0.4, 0.5) is 13.2 Å². The zero-order valence-electron chi connectivity index (χ0n) is 9.68. The SMILES string of the molecule is CCC(=O)C(C)N1CCCC(C(F)(F)F)C1. The predicted octanol–water partition coefficient (Wildman–Crippen LogP) is 2.63. The molecule has 2 unspecified atom stereocenters. The minimum absolute atomic E-state index is 0.0165. The molecule has 0 amide bonds. The summed E-state index contributed by atoms with van der Waals surface area (Å²) < 4.78 is 37.6. The van der Waals surface area contributed by atoms with E-state index < -0.39 is 12.1 Å². The lowest BCUT2D eigenvalue weighted by Gasteiger charge is -2.36. The summed E-state index contributed by atoms with van der Waals surface area (Å²) in [5.41, 5.74) is 0. The average molecular weight is 237 g/mol. The largest absolute Gasteiger partial charge is 0.393 e. The Balaban J connectivity index is 2.60. The number of piperidine rings is 1. The summed E-state index contributed by atoms with van der Waals surface area (Å²) in [7, 11) is 0. The van der Waals surface area contributed by atoms with Gasteiger partial charge in [0.25, 0.3) is 0 Å². The maximum atomic E-state index is 12.5. The van der Waals surface area contributed by atoms with E-state index in [1.807, 2.05) is 0 Å². The maximum Gasteiger partial charge on any atom is 0.393 e. The van der Waals surface area contributed by atoms with Gasteiger partial charge in [0.15, 0.2) is 0 Å². The summed E-state index contributed by atoms with van der Waals surface area (Å²) in [5.74, 6) is -1.25. The number of alkyl halides is 3. The molecule has 0 aromatic rings. The highest BCUT2D eigenvalue weighted by atomic mass is 19.4. The normalized spacial score (nSPS) is 25.4. The lowest BCUT2D eigenvalue weighted by Crippen LogP contribution is -2.48. The number of carbonyl (C=O) groups is 1. The van der Waals surface area contributed by atoms with E-state index in [1.54, 1.807) is 18.7 Å². The Morgan fingerprint density at radius 3 is 2.62 bits per heavy atom. The summed E-state index contributed by atoms with van der Waals surface area (Å²) >= 11 is 0. The van der Waals surface area contributed by atoms with Gasteiger partial charge in [0, 0.05) is 13.0 Å². The van der Waals surface area contributed by atoms with Gasteiger partial charge in [0.1, 0.15) is 5.78 Å². The maximum absolute atomic E-state index is 12.5. The Hall–Kier alpha value is -0.580. The van der Waals surface area contributed by atoms with Crippen molar-refractivity contribution < 1.29 is 18.0 Å². The van der Waals surface area contributed by atoms with Crippen LogP contribution in [0.1, 0.15) is 33.1 Å². The molecule has 2 nitrogen and oxygen atoms in total. The fraction of sp³-hybridized carbons (Fsp3) is 0.909. The van der Waals surface area contributed by atoms with Gasteiger partial charge in [-0.3, -0.25) is 9.69 Å². The highest BCUT2D eigenvalue weighted by molar-refractivity contribution is 5.83. The van der Waals surface area contributed by atoms with Gasteiger partial charge in [0.05, 0.1) is 12.0 Å². The van der Waals surface area contributed by atoms with Crippen LogP contribution < -0.4 is 0 Å². The van der Waals surface area contributed by atoms with Crippen molar-refractivity contribution in [3.63, 3.8) is 0 Å². The average Bonchev–Trinajstić information content (AvgIpc) is 2.26. The van der Waals surface area contributed by atoms with E-state index in [9.17, 15) is 18.0 Å². The second-order valence-corrected chi connectivity index (χ2v) is 4.37. The van der Waals surface area contributed by atoms with Gasteiger partial charge in [-0.25, -0.2) is 0 Å². The van der Waals surface area contributed by atoms with Crippen molar-refractivity contribution in [3.05, 3.63) is 0 Å². The smallest absolute Gasteiger partial charge is 0.298 e. The van der Waals surface area contributed by atoms with Gasteiger partial charge < -0.3 is 0 Å². The molecule has 0 aromatic heterocycles. The van der Waals surface area contributed by atoms with E-state index in [2.05, 4.69) is 0 Å². The molecular weight excluding hydrogens is 219 g/mol. The van der Waals surface area contributed by atoms with Gasteiger partial charge in [-0.1, -0.05) is 6.92 Å². The molecule has 1 saturated heterocycles. The number of likely N-dealkylation sites (tertiary alicyclic amines) is 1. The number of hydrogen-bond donors (Lipinski definition) is 0. The molecule has 1 aliphatic heterocycles. The minimum atomic E-state index is -4.13. The highest BCUT2D eigenvalue weighted by Gasteiger charge is 2.42. The molecule has 1 rings (SSSR count). The molecule has 0 aromatic carbocycles. The molecule has 1 fully saturated rings. The number of hydrogen-bond acceptors (Lipinski definition) is 2. The third kappa shape index (κ3) is 3.20. The van der Waals surface area contributed by atoms with Crippen LogP contribution in [0.3, 0.4) is 0 Å². The number of rotatable bonds is 3. The first-order valence-electron chi connectivity index (χ1n) is 5.69. The first-order valence-corrected chi connectivity index (χ1v) is 5.69. The Labute approximate surface area is 93.8 Å². The van der Waals surface area contributed by atoms with Crippen LogP contribution in [-0.4, -0.2) is 36.0 Å². The third-order valence-corrected chi connectivity index (χ3v) is 3.28. The van der Waals surface area contributed by atoms with Crippen molar-refractivity contribution in [2.24, 2.45) is 5.92 Å². The highest BCUT2D eigenvalue weighted by Crippen LogP contribution is 2.33. The number of carbonyl (C=O) groups excluding carboxylic acids is 1.